The van der Waals surface area contributed by atoms with Crippen molar-refractivity contribution in [2.75, 3.05) is 52.4 Å². The minimum Gasteiger partial charge on any atom is -0.338 e. The van der Waals surface area contributed by atoms with E-state index in [1.54, 1.807) is 0 Å². The van der Waals surface area contributed by atoms with E-state index in [2.05, 4.69) is 34.2 Å². The molecule has 0 saturated carbocycles. The van der Waals surface area contributed by atoms with Gasteiger partial charge < -0.3 is 15.1 Å². The Hall–Kier alpha value is -1.07. The molecule has 2 atom stereocenters. The monoisotopic (exact) mass is 306 g/mol. The smallest absolute Gasteiger partial charge is 0.317 e. The van der Waals surface area contributed by atoms with E-state index in [0.29, 0.717) is 12.0 Å². The average Bonchev–Trinajstić information content (AvgIpc) is 3.23. The van der Waals surface area contributed by atoms with Crippen molar-refractivity contribution in [3.05, 3.63) is 12.2 Å². The molecule has 0 spiro atoms. The van der Waals surface area contributed by atoms with Gasteiger partial charge in [-0.3, -0.25) is 4.90 Å². The normalized spacial score (nSPS) is 27.7. The van der Waals surface area contributed by atoms with Crippen LogP contribution in [0.4, 0.5) is 4.79 Å². The maximum Gasteiger partial charge on any atom is 0.317 e. The first-order chi connectivity index (χ1) is 10.7. The zero-order chi connectivity index (χ0) is 15.4. The van der Waals surface area contributed by atoms with Crippen LogP contribution < -0.4 is 5.32 Å². The first-order valence-corrected chi connectivity index (χ1v) is 8.86. The van der Waals surface area contributed by atoms with Gasteiger partial charge in [0.1, 0.15) is 0 Å². The highest BCUT2D eigenvalue weighted by Gasteiger charge is 2.30. The van der Waals surface area contributed by atoms with E-state index in [4.69, 9.17) is 0 Å². The van der Waals surface area contributed by atoms with Gasteiger partial charge in [0.05, 0.1) is 0 Å². The Morgan fingerprint density at radius 3 is 2.68 bits per heavy atom. The predicted octanol–water partition coefficient (Wildman–Crippen LogP) is 1.37. The summed E-state index contributed by atoms with van der Waals surface area (Å²) in [6, 6.07) is 0.672. The van der Waals surface area contributed by atoms with Crippen LogP contribution in [-0.4, -0.2) is 79.1 Å². The van der Waals surface area contributed by atoms with Crippen LogP contribution in [0.3, 0.4) is 0 Å². The van der Waals surface area contributed by atoms with Crippen LogP contribution in [0.1, 0.15) is 26.2 Å². The van der Waals surface area contributed by atoms with E-state index in [1.165, 1.54) is 25.9 Å². The lowest BCUT2D eigenvalue weighted by Crippen LogP contribution is -2.43. The van der Waals surface area contributed by atoms with Gasteiger partial charge in [0.25, 0.3) is 0 Å². The molecule has 3 aliphatic rings. The lowest BCUT2D eigenvalue weighted by Gasteiger charge is -2.25. The van der Waals surface area contributed by atoms with Crippen molar-refractivity contribution in [3.8, 4) is 0 Å². The van der Waals surface area contributed by atoms with Gasteiger partial charge in [-0.2, -0.15) is 0 Å². The molecule has 2 fully saturated rings. The number of likely N-dealkylation sites (tertiary alicyclic amines) is 2. The number of rotatable bonds is 5. The first-order valence-electron chi connectivity index (χ1n) is 8.86. The Morgan fingerprint density at radius 2 is 1.95 bits per heavy atom. The number of hydrogen-bond donors (Lipinski definition) is 1. The summed E-state index contributed by atoms with van der Waals surface area (Å²) in [6.45, 7) is 10.5. The molecular formula is C17H30N4O. The van der Waals surface area contributed by atoms with Gasteiger partial charge in [-0.25, -0.2) is 4.79 Å². The van der Waals surface area contributed by atoms with E-state index in [1.807, 2.05) is 4.90 Å². The molecule has 5 nitrogen and oxygen atoms in total. The maximum absolute atomic E-state index is 12.3. The van der Waals surface area contributed by atoms with Gasteiger partial charge in [0.15, 0.2) is 0 Å². The van der Waals surface area contributed by atoms with Crippen molar-refractivity contribution in [3.63, 3.8) is 0 Å². The van der Waals surface area contributed by atoms with Crippen molar-refractivity contribution in [1.82, 2.24) is 20.0 Å². The van der Waals surface area contributed by atoms with Crippen molar-refractivity contribution in [1.29, 1.82) is 0 Å². The van der Waals surface area contributed by atoms with Crippen LogP contribution in [-0.2, 0) is 0 Å². The Morgan fingerprint density at radius 1 is 1.23 bits per heavy atom. The van der Waals surface area contributed by atoms with Gasteiger partial charge in [-0.05, 0) is 38.3 Å². The fourth-order valence-electron chi connectivity index (χ4n) is 3.86. The molecule has 0 unspecified atom stereocenters. The number of carbonyl (C=O) groups is 1. The molecule has 2 amide bonds. The second-order valence-corrected chi connectivity index (χ2v) is 7.11. The molecule has 0 aromatic rings. The quantitative estimate of drug-likeness (QED) is 0.780. The lowest BCUT2D eigenvalue weighted by molar-refractivity contribution is 0.196. The predicted molar refractivity (Wildman–Crippen MR) is 88.9 cm³/mol. The summed E-state index contributed by atoms with van der Waals surface area (Å²) < 4.78 is 0. The maximum atomic E-state index is 12.3. The fraction of sp³-hybridized carbons (Fsp3) is 0.824. The Kier molecular flexibility index (Phi) is 5.37. The molecule has 2 saturated heterocycles. The summed E-state index contributed by atoms with van der Waals surface area (Å²) in [5.41, 5.74) is 0. The Bertz CT molecular complexity index is 397. The summed E-state index contributed by atoms with van der Waals surface area (Å²) in [5.74, 6) is 0.531. The van der Waals surface area contributed by atoms with Gasteiger partial charge in [0, 0.05) is 45.3 Å². The van der Waals surface area contributed by atoms with Crippen molar-refractivity contribution in [2.45, 2.75) is 32.2 Å². The number of urea groups is 1. The highest BCUT2D eigenvalue weighted by molar-refractivity contribution is 5.74. The fourth-order valence-corrected chi connectivity index (χ4v) is 3.86. The van der Waals surface area contributed by atoms with Crippen LogP contribution in [0.25, 0.3) is 0 Å². The second-order valence-electron chi connectivity index (χ2n) is 7.11. The van der Waals surface area contributed by atoms with Gasteiger partial charge in [-0.15, -0.1) is 0 Å². The number of amides is 2. The second kappa shape index (κ2) is 7.47. The molecule has 124 valence electrons. The van der Waals surface area contributed by atoms with Crippen molar-refractivity contribution < 1.29 is 4.79 Å². The van der Waals surface area contributed by atoms with Gasteiger partial charge in [0.2, 0.25) is 0 Å². The summed E-state index contributed by atoms with van der Waals surface area (Å²) in [4.78, 5) is 19.3. The summed E-state index contributed by atoms with van der Waals surface area (Å²) >= 11 is 0. The first kappa shape index (κ1) is 15.8. The average molecular weight is 306 g/mol. The lowest BCUT2D eigenvalue weighted by atomic mass is 10.1. The van der Waals surface area contributed by atoms with E-state index in [0.717, 1.165) is 45.7 Å². The van der Waals surface area contributed by atoms with E-state index >= 15 is 0 Å². The van der Waals surface area contributed by atoms with Crippen LogP contribution in [0.5, 0.6) is 0 Å². The summed E-state index contributed by atoms with van der Waals surface area (Å²) in [7, 11) is 0. The molecule has 0 aromatic carbocycles. The highest BCUT2D eigenvalue weighted by atomic mass is 16.2. The van der Waals surface area contributed by atoms with Crippen LogP contribution in [0, 0.1) is 5.92 Å². The molecule has 0 bridgehead atoms. The molecular weight excluding hydrogens is 276 g/mol. The summed E-state index contributed by atoms with van der Waals surface area (Å²) in [6.07, 6.45) is 8.23. The zero-order valence-electron chi connectivity index (χ0n) is 13.8. The SMILES string of the molecule is C[C@@H](CNC(=O)N1CC[C@H](N2CC=CC2)C1)CN1CCCC1. The molecule has 3 aliphatic heterocycles. The molecule has 3 rings (SSSR count). The zero-order valence-corrected chi connectivity index (χ0v) is 13.8. The van der Waals surface area contributed by atoms with Crippen LogP contribution in [0.15, 0.2) is 12.2 Å². The largest absolute Gasteiger partial charge is 0.338 e. The van der Waals surface area contributed by atoms with E-state index < -0.39 is 0 Å². The number of nitrogens with zero attached hydrogens (tertiary/aromatic N) is 3. The van der Waals surface area contributed by atoms with Crippen molar-refractivity contribution in [2.24, 2.45) is 5.92 Å². The molecule has 0 aliphatic carbocycles. The summed E-state index contributed by atoms with van der Waals surface area (Å²) in [5, 5.41) is 3.14. The van der Waals surface area contributed by atoms with E-state index in [9.17, 15) is 4.79 Å². The van der Waals surface area contributed by atoms with Crippen LogP contribution in [0.2, 0.25) is 0 Å². The van der Waals surface area contributed by atoms with Crippen LogP contribution >= 0.6 is 0 Å². The third-order valence-electron chi connectivity index (χ3n) is 5.18. The minimum atomic E-state index is 0.128. The third-order valence-corrected chi connectivity index (χ3v) is 5.18. The van der Waals surface area contributed by atoms with Gasteiger partial charge >= 0.3 is 6.03 Å². The highest BCUT2D eigenvalue weighted by Crippen LogP contribution is 2.18. The topological polar surface area (TPSA) is 38.8 Å². The molecule has 22 heavy (non-hydrogen) atoms. The van der Waals surface area contributed by atoms with Gasteiger partial charge in [-0.1, -0.05) is 19.1 Å². The molecule has 5 heteroatoms. The third kappa shape index (κ3) is 4.02. The molecule has 3 heterocycles. The molecule has 0 aromatic heterocycles. The number of hydrogen-bond acceptors (Lipinski definition) is 3. The standard InChI is InChI=1S/C17H30N4O/c1-15(13-19-7-2-3-8-19)12-18-17(22)21-11-6-16(14-21)20-9-4-5-10-20/h4-5,15-16H,2-3,6-14H2,1H3,(H,18,22)/t15-,16-/m0/s1. The van der Waals surface area contributed by atoms with E-state index in [-0.39, 0.29) is 6.03 Å². The molecule has 1 N–H and O–H groups in total. The minimum absolute atomic E-state index is 0.128. The number of nitrogens with one attached hydrogen (secondary N) is 1. The van der Waals surface area contributed by atoms with Crippen molar-refractivity contribution >= 4 is 6.03 Å². The Labute approximate surface area is 134 Å². The Balaban J connectivity index is 1.35. The number of carbonyl (C=O) groups excluding carboxylic acids is 1. The molecule has 0 radical (unpaired) electrons.